The lowest BCUT2D eigenvalue weighted by Gasteiger charge is -2.56. The molecular formula is C26H38F2N2O4. The average Bonchev–Trinajstić information content (AvgIpc) is 2.77. The predicted octanol–water partition coefficient (Wildman–Crippen LogP) is 3.56. The van der Waals surface area contributed by atoms with Gasteiger partial charge in [0.1, 0.15) is 11.6 Å². The van der Waals surface area contributed by atoms with Crippen LogP contribution in [0.25, 0.3) is 0 Å². The molecule has 0 radical (unpaired) electrons. The summed E-state index contributed by atoms with van der Waals surface area (Å²) < 4.78 is 31.9. The van der Waals surface area contributed by atoms with E-state index in [1.165, 1.54) is 12.1 Å². The topological polar surface area (TPSA) is 87.7 Å². The summed E-state index contributed by atoms with van der Waals surface area (Å²) >= 11 is 0. The van der Waals surface area contributed by atoms with Gasteiger partial charge in [-0.1, -0.05) is 20.8 Å². The number of carbonyl (C=O) groups is 2. The molecule has 2 saturated carbocycles. The van der Waals surface area contributed by atoms with E-state index in [1.807, 2.05) is 0 Å². The van der Waals surface area contributed by atoms with Gasteiger partial charge in [0.25, 0.3) is 0 Å². The highest BCUT2D eigenvalue weighted by atomic mass is 19.1. The van der Waals surface area contributed by atoms with Crippen molar-refractivity contribution < 1.29 is 28.2 Å². The maximum atomic E-state index is 13.4. The van der Waals surface area contributed by atoms with Crippen LogP contribution in [0.15, 0.2) is 18.2 Å². The molecule has 190 valence electrons. The molecule has 7 unspecified atom stereocenters. The Balaban J connectivity index is 1.65. The minimum Gasteiger partial charge on any atom is -0.392 e. The zero-order chi connectivity index (χ0) is 25.0. The van der Waals surface area contributed by atoms with Crippen LogP contribution in [0.3, 0.4) is 0 Å². The molecule has 0 aliphatic heterocycles. The Labute approximate surface area is 200 Å². The second-order valence-corrected chi connectivity index (χ2v) is 10.5. The van der Waals surface area contributed by atoms with E-state index in [2.05, 4.69) is 24.5 Å². The Morgan fingerprint density at radius 3 is 2.50 bits per heavy atom. The van der Waals surface area contributed by atoms with Crippen LogP contribution < -0.4 is 10.6 Å². The molecule has 1 aromatic carbocycles. The summed E-state index contributed by atoms with van der Waals surface area (Å²) in [6, 6.07) is 3.16. The van der Waals surface area contributed by atoms with Gasteiger partial charge >= 0.3 is 0 Å². The fraction of sp³-hybridized carbons (Fsp3) is 0.692. The highest BCUT2D eigenvalue weighted by molar-refractivity contribution is 5.78. The average molecular weight is 481 g/mol. The highest BCUT2D eigenvalue weighted by Gasteiger charge is 2.53. The molecule has 0 heterocycles. The molecule has 34 heavy (non-hydrogen) atoms. The molecule has 2 aliphatic carbocycles. The van der Waals surface area contributed by atoms with E-state index in [4.69, 9.17) is 4.74 Å². The van der Waals surface area contributed by atoms with Crippen LogP contribution in [0.2, 0.25) is 0 Å². The van der Waals surface area contributed by atoms with Crippen molar-refractivity contribution in [3.05, 3.63) is 35.4 Å². The van der Waals surface area contributed by atoms with Gasteiger partial charge in [-0.3, -0.25) is 9.59 Å². The third kappa shape index (κ3) is 5.95. The van der Waals surface area contributed by atoms with E-state index in [0.29, 0.717) is 18.6 Å². The highest BCUT2D eigenvalue weighted by Crippen LogP contribution is 2.55. The summed E-state index contributed by atoms with van der Waals surface area (Å²) in [5.41, 5.74) is 0.307. The molecule has 8 heteroatoms. The maximum absolute atomic E-state index is 13.4. The molecule has 3 rings (SSSR count). The molecule has 1 aromatic rings. The number of nitrogens with one attached hydrogen (secondary N) is 2. The van der Waals surface area contributed by atoms with Crippen molar-refractivity contribution in [2.45, 2.75) is 71.6 Å². The van der Waals surface area contributed by atoms with Gasteiger partial charge in [-0.25, -0.2) is 8.78 Å². The fourth-order valence-electron chi connectivity index (χ4n) is 6.23. The number of amides is 2. The van der Waals surface area contributed by atoms with Gasteiger partial charge in [-0.15, -0.1) is 0 Å². The molecule has 6 nitrogen and oxygen atoms in total. The van der Waals surface area contributed by atoms with E-state index >= 15 is 0 Å². The normalized spacial score (nSPS) is 31.9. The standard InChI is InChI=1S/C26H38F2N2O4/c1-15(25(33)29-14-17-11-18(27)13-19(28)12-17)20-5-8-26(3)9-6-21(16(2)23(26)24(20)32)30-22(31)7-10-34-4/h11-13,15-16,20-21,23-24,32H,5-10,14H2,1-4H3,(H,29,33)(H,30,31). The number of fused-ring (bicyclic) bond motifs is 1. The predicted molar refractivity (Wildman–Crippen MR) is 125 cm³/mol. The third-order valence-corrected chi connectivity index (χ3v) is 8.21. The van der Waals surface area contributed by atoms with E-state index in [1.54, 1.807) is 14.0 Å². The number of hydrogen-bond donors (Lipinski definition) is 3. The first-order valence-electron chi connectivity index (χ1n) is 12.2. The lowest BCUT2D eigenvalue weighted by molar-refractivity contribution is -0.144. The number of ether oxygens (including phenoxy) is 1. The summed E-state index contributed by atoms with van der Waals surface area (Å²) in [6.07, 6.45) is 3.03. The number of methoxy groups -OCH3 is 1. The molecule has 7 atom stereocenters. The van der Waals surface area contributed by atoms with Crippen LogP contribution in [0.5, 0.6) is 0 Å². The van der Waals surface area contributed by atoms with Crippen LogP contribution in [0.4, 0.5) is 8.78 Å². The quantitative estimate of drug-likeness (QED) is 0.531. The van der Waals surface area contributed by atoms with E-state index in [0.717, 1.165) is 31.7 Å². The minimum absolute atomic E-state index is 0.0216. The van der Waals surface area contributed by atoms with Crippen LogP contribution >= 0.6 is 0 Å². The number of aliphatic hydroxyl groups excluding tert-OH is 1. The lowest BCUT2D eigenvalue weighted by Crippen LogP contribution is -2.58. The number of rotatable bonds is 8. The lowest BCUT2D eigenvalue weighted by atomic mass is 9.51. The van der Waals surface area contributed by atoms with Crippen molar-refractivity contribution in [3.8, 4) is 0 Å². The molecule has 3 N–H and O–H groups in total. The first-order chi connectivity index (χ1) is 16.1. The number of aliphatic hydroxyl groups is 1. The van der Waals surface area contributed by atoms with Gasteiger partial charge in [0.15, 0.2) is 0 Å². The summed E-state index contributed by atoms with van der Waals surface area (Å²) in [6.45, 7) is 6.48. The molecule has 0 spiro atoms. The van der Waals surface area contributed by atoms with Crippen molar-refractivity contribution in [2.24, 2.45) is 29.1 Å². The van der Waals surface area contributed by atoms with Gasteiger partial charge < -0.3 is 20.5 Å². The minimum atomic E-state index is -0.686. The Kier molecular flexibility index (Phi) is 8.68. The number of benzene rings is 1. The second kappa shape index (κ2) is 11.1. The zero-order valence-electron chi connectivity index (χ0n) is 20.6. The molecule has 2 aliphatic rings. The number of halogens is 2. The monoisotopic (exact) mass is 480 g/mol. The number of carbonyl (C=O) groups excluding carboxylic acids is 2. The fourth-order valence-corrected chi connectivity index (χ4v) is 6.23. The first kappa shape index (κ1) is 26.5. The van der Waals surface area contributed by atoms with Gasteiger partial charge in [-0.05, 0) is 66.5 Å². The summed E-state index contributed by atoms with van der Waals surface area (Å²) in [7, 11) is 1.56. The molecule has 0 saturated heterocycles. The van der Waals surface area contributed by atoms with Gasteiger partial charge in [0.2, 0.25) is 11.8 Å². The van der Waals surface area contributed by atoms with E-state index in [-0.39, 0.29) is 47.6 Å². The Bertz CT molecular complexity index is 862. The summed E-state index contributed by atoms with van der Waals surface area (Å²) in [5, 5.41) is 17.3. The smallest absolute Gasteiger partial charge is 0.223 e. The zero-order valence-corrected chi connectivity index (χ0v) is 20.6. The second-order valence-electron chi connectivity index (χ2n) is 10.5. The van der Waals surface area contributed by atoms with Crippen molar-refractivity contribution in [1.29, 1.82) is 0 Å². The Morgan fingerprint density at radius 2 is 1.85 bits per heavy atom. The SMILES string of the molecule is COCCC(=O)NC1CCC2(C)CCC(C(C)C(=O)NCc3cc(F)cc(F)c3)C(O)C2C1C. The largest absolute Gasteiger partial charge is 0.392 e. The van der Waals surface area contributed by atoms with Gasteiger partial charge in [0, 0.05) is 38.1 Å². The van der Waals surface area contributed by atoms with Crippen LogP contribution in [0.1, 0.15) is 58.4 Å². The van der Waals surface area contributed by atoms with E-state index < -0.39 is 23.7 Å². The Morgan fingerprint density at radius 1 is 1.21 bits per heavy atom. The van der Waals surface area contributed by atoms with Crippen LogP contribution in [0, 0.1) is 40.7 Å². The first-order valence-corrected chi connectivity index (χ1v) is 12.2. The molecule has 0 aromatic heterocycles. The van der Waals surface area contributed by atoms with Crippen molar-refractivity contribution >= 4 is 11.8 Å². The molecule has 0 bridgehead atoms. The van der Waals surface area contributed by atoms with Crippen molar-refractivity contribution in [1.82, 2.24) is 10.6 Å². The molecular weight excluding hydrogens is 442 g/mol. The molecule has 2 amide bonds. The summed E-state index contributed by atoms with van der Waals surface area (Å²) in [4.78, 5) is 25.2. The van der Waals surface area contributed by atoms with Crippen LogP contribution in [-0.4, -0.2) is 42.8 Å². The molecule has 2 fully saturated rings. The van der Waals surface area contributed by atoms with Crippen LogP contribution in [-0.2, 0) is 20.9 Å². The Hall–Kier alpha value is -2.06. The summed E-state index contributed by atoms with van der Waals surface area (Å²) in [5.74, 6) is -2.33. The number of hydrogen-bond acceptors (Lipinski definition) is 4. The van der Waals surface area contributed by atoms with Gasteiger partial charge in [-0.2, -0.15) is 0 Å². The van der Waals surface area contributed by atoms with Crippen molar-refractivity contribution in [2.75, 3.05) is 13.7 Å². The van der Waals surface area contributed by atoms with Gasteiger partial charge in [0.05, 0.1) is 12.7 Å². The van der Waals surface area contributed by atoms with Crippen molar-refractivity contribution in [3.63, 3.8) is 0 Å². The van der Waals surface area contributed by atoms with E-state index in [9.17, 15) is 23.5 Å². The maximum Gasteiger partial charge on any atom is 0.223 e. The third-order valence-electron chi connectivity index (χ3n) is 8.21.